The van der Waals surface area contributed by atoms with E-state index in [1.165, 1.54) is 0 Å². The van der Waals surface area contributed by atoms with E-state index in [9.17, 15) is 4.79 Å². The molecule has 5 heteroatoms. The molecule has 0 aliphatic rings. The van der Waals surface area contributed by atoms with Crippen LogP contribution in [0.2, 0.25) is 5.02 Å². The van der Waals surface area contributed by atoms with E-state index in [0.29, 0.717) is 30.2 Å². The second-order valence-corrected chi connectivity index (χ2v) is 4.51. The van der Waals surface area contributed by atoms with E-state index in [1.54, 1.807) is 19.2 Å². The highest BCUT2D eigenvalue weighted by Crippen LogP contribution is 2.27. The molecule has 18 heavy (non-hydrogen) atoms. The van der Waals surface area contributed by atoms with Crippen molar-refractivity contribution < 1.29 is 9.53 Å². The Morgan fingerprint density at radius 3 is 2.83 bits per heavy atom. The number of halogens is 1. The molecule has 1 aromatic rings. The first-order valence-electron chi connectivity index (χ1n) is 5.93. The number of ether oxygens (including phenoxy) is 1. The smallest absolute Gasteiger partial charge is 0.219 e. The number of carbonyl (C=O) groups excluding carboxylic acids is 1. The van der Waals surface area contributed by atoms with Crippen LogP contribution in [0.5, 0.6) is 5.75 Å². The summed E-state index contributed by atoms with van der Waals surface area (Å²) in [7, 11) is 1.62. The molecule has 100 valence electrons. The minimum absolute atomic E-state index is 0.0111. The molecule has 0 aliphatic carbocycles. The van der Waals surface area contributed by atoms with E-state index in [1.807, 2.05) is 13.0 Å². The molecule has 0 spiro atoms. The highest BCUT2D eigenvalue weighted by Gasteiger charge is 2.06. The van der Waals surface area contributed by atoms with Crippen molar-refractivity contribution in [3.05, 3.63) is 28.8 Å². The first-order chi connectivity index (χ1) is 8.54. The van der Waals surface area contributed by atoms with Gasteiger partial charge in [-0.3, -0.25) is 4.79 Å². The molecule has 3 N–H and O–H groups in total. The number of benzene rings is 1. The van der Waals surface area contributed by atoms with E-state index in [2.05, 4.69) is 5.32 Å². The maximum Gasteiger partial charge on any atom is 0.219 e. The van der Waals surface area contributed by atoms with Crippen LogP contribution in [-0.4, -0.2) is 19.6 Å². The Morgan fingerprint density at radius 1 is 1.56 bits per heavy atom. The van der Waals surface area contributed by atoms with Crippen LogP contribution in [-0.2, 0) is 4.79 Å². The first kappa shape index (κ1) is 14.8. The largest absolute Gasteiger partial charge is 0.492 e. The van der Waals surface area contributed by atoms with Crippen molar-refractivity contribution in [2.24, 2.45) is 5.73 Å². The van der Waals surface area contributed by atoms with Gasteiger partial charge >= 0.3 is 0 Å². The maximum atomic E-state index is 11.0. The van der Waals surface area contributed by atoms with Gasteiger partial charge in [0.2, 0.25) is 5.91 Å². The van der Waals surface area contributed by atoms with Crippen LogP contribution in [0.4, 0.5) is 0 Å². The lowest BCUT2D eigenvalue weighted by atomic mass is 10.1. The van der Waals surface area contributed by atoms with Crippen molar-refractivity contribution in [3.8, 4) is 5.75 Å². The highest BCUT2D eigenvalue weighted by molar-refractivity contribution is 6.32. The van der Waals surface area contributed by atoms with Crippen LogP contribution in [0.15, 0.2) is 18.2 Å². The third-order valence-electron chi connectivity index (χ3n) is 2.57. The molecule has 1 rings (SSSR count). The lowest BCUT2D eigenvalue weighted by molar-refractivity contribution is -0.120. The Labute approximate surface area is 112 Å². The van der Waals surface area contributed by atoms with Gasteiger partial charge in [0.05, 0.1) is 11.6 Å². The highest BCUT2D eigenvalue weighted by atomic mass is 35.5. The zero-order valence-electron chi connectivity index (χ0n) is 10.7. The average Bonchev–Trinajstić information content (AvgIpc) is 2.35. The second-order valence-electron chi connectivity index (χ2n) is 4.10. The predicted octanol–water partition coefficient (Wildman–Crippen LogP) is 2.26. The van der Waals surface area contributed by atoms with Gasteiger partial charge in [0, 0.05) is 19.5 Å². The molecule has 0 saturated heterocycles. The van der Waals surface area contributed by atoms with Gasteiger partial charge in [-0.25, -0.2) is 0 Å². The standard InChI is InChI=1S/C13H19ClN2O2/c1-9(15)10-5-6-12(11(14)8-10)18-7-3-4-13(17)16-2/h5-6,8-9H,3-4,7,15H2,1-2H3,(H,16,17)/t9-/m1/s1. The van der Waals surface area contributed by atoms with Crippen molar-refractivity contribution >= 4 is 17.5 Å². The molecule has 1 amide bonds. The van der Waals surface area contributed by atoms with Gasteiger partial charge in [-0.2, -0.15) is 0 Å². The van der Waals surface area contributed by atoms with E-state index >= 15 is 0 Å². The van der Waals surface area contributed by atoms with Gasteiger partial charge in [-0.1, -0.05) is 17.7 Å². The number of amides is 1. The van der Waals surface area contributed by atoms with E-state index in [4.69, 9.17) is 22.1 Å². The fourth-order valence-electron chi connectivity index (χ4n) is 1.46. The fraction of sp³-hybridized carbons (Fsp3) is 0.462. The van der Waals surface area contributed by atoms with Crippen LogP contribution < -0.4 is 15.8 Å². The molecule has 0 aliphatic heterocycles. The molecule has 0 bridgehead atoms. The summed E-state index contributed by atoms with van der Waals surface area (Å²) in [5.74, 6) is 0.634. The molecular weight excluding hydrogens is 252 g/mol. The molecule has 1 aromatic carbocycles. The lowest BCUT2D eigenvalue weighted by Gasteiger charge is -2.11. The van der Waals surface area contributed by atoms with Gasteiger partial charge in [-0.05, 0) is 31.0 Å². The Balaban J connectivity index is 2.45. The van der Waals surface area contributed by atoms with Gasteiger partial charge in [0.15, 0.2) is 0 Å². The van der Waals surface area contributed by atoms with Crippen molar-refractivity contribution in [2.45, 2.75) is 25.8 Å². The Bertz CT molecular complexity index is 408. The SMILES string of the molecule is CNC(=O)CCCOc1ccc([C@@H](C)N)cc1Cl. The summed E-state index contributed by atoms with van der Waals surface area (Å²) in [6.07, 6.45) is 1.11. The molecule has 0 saturated carbocycles. The van der Waals surface area contributed by atoms with E-state index in [-0.39, 0.29) is 11.9 Å². The quantitative estimate of drug-likeness (QED) is 0.780. The Kier molecular flexibility index (Phi) is 5.95. The number of rotatable bonds is 6. The van der Waals surface area contributed by atoms with E-state index in [0.717, 1.165) is 5.56 Å². The summed E-state index contributed by atoms with van der Waals surface area (Å²) in [6, 6.07) is 5.45. The van der Waals surface area contributed by atoms with Crippen LogP contribution in [0.3, 0.4) is 0 Å². The molecule has 0 radical (unpaired) electrons. The number of carbonyl (C=O) groups is 1. The zero-order chi connectivity index (χ0) is 13.5. The van der Waals surface area contributed by atoms with Gasteiger partial charge < -0.3 is 15.8 Å². The number of nitrogens with one attached hydrogen (secondary N) is 1. The van der Waals surface area contributed by atoms with E-state index < -0.39 is 0 Å². The first-order valence-corrected chi connectivity index (χ1v) is 6.30. The summed E-state index contributed by atoms with van der Waals surface area (Å²) >= 11 is 6.08. The topological polar surface area (TPSA) is 64.3 Å². The van der Waals surface area contributed by atoms with Crippen molar-refractivity contribution in [2.75, 3.05) is 13.7 Å². The normalized spacial score (nSPS) is 12.0. The molecular formula is C13H19ClN2O2. The molecule has 0 fully saturated rings. The summed E-state index contributed by atoms with van der Waals surface area (Å²) in [5.41, 5.74) is 6.73. The van der Waals surface area contributed by atoms with Gasteiger partial charge in [0.25, 0.3) is 0 Å². The van der Waals surface area contributed by atoms with Crippen molar-refractivity contribution in [3.63, 3.8) is 0 Å². The lowest BCUT2D eigenvalue weighted by Crippen LogP contribution is -2.18. The molecule has 0 heterocycles. The molecule has 4 nitrogen and oxygen atoms in total. The Hall–Kier alpha value is -1.26. The predicted molar refractivity (Wildman–Crippen MR) is 72.9 cm³/mol. The fourth-order valence-corrected chi connectivity index (χ4v) is 1.70. The number of hydrogen-bond donors (Lipinski definition) is 2. The average molecular weight is 271 g/mol. The molecule has 0 unspecified atom stereocenters. The van der Waals surface area contributed by atoms with Crippen LogP contribution in [0, 0.1) is 0 Å². The summed E-state index contributed by atoms with van der Waals surface area (Å²) in [5, 5.41) is 3.11. The molecule has 1 atom stereocenters. The zero-order valence-corrected chi connectivity index (χ0v) is 11.5. The summed E-state index contributed by atoms with van der Waals surface area (Å²) in [4.78, 5) is 11.0. The Morgan fingerprint density at radius 2 is 2.28 bits per heavy atom. The second kappa shape index (κ2) is 7.24. The van der Waals surface area contributed by atoms with Crippen LogP contribution >= 0.6 is 11.6 Å². The monoisotopic (exact) mass is 270 g/mol. The maximum absolute atomic E-state index is 11.0. The third-order valence-corrected chi connectivity index (χ3v) is 2.86. The third kappa shape index (κ3) is 4.55. The van der Waals surface area contributed by atoms with Crippen molar-refractivity contribution in [1.29, 1.82) is 0 Å². The number of nitrogens with two attached hydrogens (primary N) is 1. The van der Waals surface area contributed by atoms with Gasteiger partial charge in [0.1, 0.15) is 5.75 Å². The van der Waals surface area contributed by atoms with Crippen LogP contribution in [0.25, 0.3) is 0 Å². The molecule has 0 aromatic heterocycles. The van der Waals surface area contributed by atoms with Crippen LogP contribution in [0.1, 0.15) is 31.4 Å². The van der Waals surface area contributed by atoms with Crippen molar-refractivity contribution in [1.82, 2.24) is 5.32 Å². The minimum Gasteiger partial charge on any atom is -0.492 e. The minimum atomic E-state index is -0.0511. The summed E-state index contributed by atoms with van der Waals surface area (Å²) in [6.45, 7) is 2.36. The summed E-state index contributed by atoms with van der Waals surface area (Å²) < 4.78 is 5.51. The number of hydrogen-bond acceptors (Lipinski definition) is 3. The van der Waals surface area contributed by atoms with Gasteiger partial charge in [-0.15, -0.1) is 0 Å².